The third-order valence-corrected chi connectivity index (χ3v) is 2.62. The first kappa shape index (κ1) is 16.2. The summed E-state index contributed by atoms with van der Waals surface area (Å²) < 4.78 is 5.16. The third kappa shape index (κ3) is 4.69. The van der Waals surface area contributed by atoms with Crippen LogP contribution in [-0.2, 0) is 14.3 Å². The fourth-order valence-electron chi connectivity index (χ4n) is 1.87. The van der Waals surface area contributed by atoms with Crippen LogP contribution in [0.4, 0.5) is 4.79 Å². The van der Waals surface area contributed by atoms with E-state index in [9.17, 15) is 19.5 Å². The van der Waals surface area contributed by atoms with E-state index in [1.807, 2.05) is 0 Å². The highest BCUT2D eigenvalue weighted by Gasteiger charge is 2.40. The maximum absolute atomic E-state index is 12.0. The molecule has 1 rings (SSSR count). The number of aliphatic carboxylic acids is 1. The number of carboxylic acid groups (broad SMARTS) is 1. The number of rotatable bonds is 3. The molecule has 1 heterocycles. The van der Waals surface area contributed by atoms with Gasteiger partial charge >= 0.3 is 12.1 Å². The Morgan fingerprint density at radius 1 is 1.35 bits per heavy atom. The molecule has 2 amide bonds. The van der Waals surface area contributed by atoms with Crippen molar-refractivity contribution in [3.8, 4) is 0 Å². The first-order chi connectivity index (χ1) is 9.10. The van der Waals surface area contributed by atoms with E-state index in [1.54, 1.807) is 20.8 Å². The van der Waals surface area contributed by atoms with Crippen molar-refractivity contribution in [1.29, 1.82) is 0 Å². The monoisotopic (exact) mass is 288 g/mol. The molecular weight excluding hydrogens is 268 g/mol. The summed E-state index contributed by atoms with van der Waals surface area (Å²) in [7, 11) is 0. The molecular formula is C12H20N2O6. The lowest BCUT2D eigenvalue weighted by Crippen LogP contribution is -2.48. The minimum Gasteiger partial charge on any atom is -0.480 e. The number of aliphatic hydroxyl groups is 1. The Balaban J connectivity index is 2.70. The largest absolute Gasteiger partial charge is 0.480 e. The second kappa shape index (κ2) is 6.08. The van der Waals surface area contributed by atoms with Crippen LogP contribution in [0.15, 0.2) is 0 Å². The van der Waals surface area contributed by atoms with Crippen molar-refractivity contribution in [2.24, 2.45) is 0 Å². The molecule has 20 heavy (non-hydrogen) atoms. The zero-order valence-corrected chi connectivity index (χ0v) is 11.8. The molecule has 0 radical (unpaired) electrons. The van der Waals surface area contributed by atoms with E-state index < -0.39 is 42.3 Å². The number of carboxylic acids is 1. The molecule has 8 heteroatoms. The van der Waals surface area contributed by atoms with Crippen LogP contribution in [0.3, 0.4) is 0 Å². The molecule has 1 fully saturated rings. The summed E-state index contributed by atoms with van der Waals surface area (Å²) in [4.78, 5) is 35.3. The van der Waals surface area contributed by atoms with Crippen molar-refractivity contribution >= 4 is 18.0 Å². The molecule has 114 valence electrons. The zero-order valence-electron chi connectivity index (χ0n) is 11.8. The molecule has 0 saturated carbocycles. The molecule has 8 nitrogen and oxygen atoms in total. The SMILES string of the molecule is CC(C)(C)OC(=O)N1C[C@H](O)C[C@H]1C(=O)NCC(=O)O. The van der Waals surface area contributed by atoms with Gasteiger partial charge in [-0.2, -0.15) is 0 Å². The summed E-state index contributed by atoms with van der Waals surface area (Å²) in [5, 5.41) is 20.3. The average Bonchev–Trinajstić information content (AvgIpc) is 2.66. The van der Waals surface area contributed by atoms with Gasteiger partial charge in [0.15, 0.2) is 0 Å². The summed E-state index contributed by atoms with van der Waals surface area (Å²) in [6.07, 6.45) is -1.47. The van der Waals surface area contributed by atoms with Gasteiger partial charge in [0.05, 0.1) is 12.6 Å². The Hall–Kier alpha value is -1.83. The van der Waals surface area contributed by atoms with Crippen molar-refractivity contribution in [2.75, 3.05) is 13.1 Å². The van der Waals surface area contributed by atoms with Crippen molar-refractivity contribution in [3.63, 3.8) is 0 Å². The number of hydrogen-bond donors (Lipinski definition) is 3. The number of carbonyl (C=O) groups is 3. The van der Waals surface area contributed by atoms with Crippen molar-refractivity contribution in [1.82, 2.24) is 10.2 Å². The van der Waals surface area contributed by atoms with Crippen molar-refractivity contribution in [3.05, 3.63) is 0 Å². The number of nitrogens with one attached hydrogen (secondary N) is 1. The number of carbonyl (C=O) groups excluding carboxylic acids is 2. The number of amides is 2. The summed E-state index contributed by atoms with van der Waals surface area (Å²) in [6, 6.07) is -0.917. The molecule has 0 aromatic carbocycles. The second-order valence-electron chi connectivity index (χ2n) is 5.65. The van der Waals surface area contributed by atoms with E-state index in [0.717, 1.165) is 4.90 Å². The van der Waals surface area contributed by atoms with E-state index in [4.69, 9.17) is 9.84 Å². The molecule has 1 saturated heterocycles. The van der Waals surface area contributed by atoms with Crippen LogP contribution >= 0.6 is 0 Å². The second-order valence-corrected chi connectivity index (χ2v) is 5.65. The molecule has 3 N–H and O–H groups in total. The molecule has 0 bridgehead atoms. The lowest BCUT2D eigenvalue weighted by atomic mass is 10.2. The van der Waals surface area contributed by atoms with Crippen molar-refractivity contribution < 1.29 is 29.3 Å². The smallest absolute Gasteiger partial charge is 0.411 e. The van der Waals surface area contributed by atoms with Gasteiger partial charge in [-0.1, -0.05) is 0 Å². The van der Waals surface area contributed by atoms with E-state index in [2.05, 4.69) is 5.32 Å². The number of β-amino-alcohol motifs (C(OH)–C–C–N with tert-alkyl or cyclic N) is 1. The van der Waals surface area contributed by atoms with Crippen LogP contribution in [0.2, 0.25) is 0 Å². The Kier molecular flexibility index (Phi) is 4.93. The molecule has 0 unspecified atom stereocenters. The maximum Gasteiger partial charge on any atom is 0.411 e. The zero-order chi connectivity index (χ0) is 15.5. The minimum absolute atomic E-state index is 0.0138. The first-order valence-corrected chi connectivity index (χ1v) is 6.27. The summed E-state index contributed by atoms with van der Waals surface area (Å²) in [5.74, 6) is -1.80. The van der Waals surface area contributed by atoms with Crippen LogP contribution < -0.4 is 5.32 Å². The van der Waals surface area contributed by atoms with Gasteiger partial charge in [0.1, 0.15) is 18.2 Å². The fraction of sp³-hybridized carbons (Fsp3) is 0.750. The standard InChI is InChI=1S/C12H20N2O6/c1-12(2,3)20-11(19)14-6-7(15)4-8(14)10(18)13-5-9(16)17/h7-8,15H,4-6H2,1-3H3,(H,13,18)(H,16,17)/t7-,8+/m1/s1. The third-order valence-electron chi connectivity index (χ3n) is 2.62. The molecule has 1 aliphatic heterocycles. The normalized spacial score (nSPS) is 22.5. The first-order valence-electron chi connectivity index (χ1n) is 6.27. The molecule has 1 aliphatic rings. The van der Waals surface area contributed by atoms with E-state index >= 15 is 0 Å². The number of hydrogen-bond acceptors (Lipinski definition) is 5. The summed E-state index contributed by atoms with van der Waals surface area (Å²) in [6.45, 7) is 4.53. The summed E-state index contributed by atoms with van der Waals surface area (Å²) >= 11 is 0. The highest BCUT2D eigenvalue weighted by molar-refractivity contribution is 5.88. The topological polar surface area (TPSA) is 116 Å². The van der Waals surface area contributed by atoms with E-state index in [0.29, 0.717) is 0 Å². The molecule has 0 aromatic heterocycles. The van der Waals surface area contributed by atoms with Gasteiger partial charge in [-0.3, -0.25) is 14.5 Å². The number of ether oxygens (including phenoxy) is 1. The molecule has 0 aliphatic carbocycles. The Labute approximate surface area is 116 Å². The van der Waals surface area contributed by atoms with Gasteiger partial charge in [0.2, 0.25) is 5.91 Å². The minimum atomic E-state index is -1.18. The van der Waals surface area contributed by atoms with Gasteiger partial charge in [-0.05, 0) is 20.8 Å². The van der Waals surface area contributed by atoms with Gasteiger partial charge in [0, 0.05) is 6.42 Å². The van der Waals surface area contributed by atoms with E-state index in [-0.39, 0.29) is 13.0 Å². The predicted octanol–water partition coefficient (Wildman–Crippen LogP) is -0.442. The van der Waals surface area contributed by atoms with Crippen LogP contribution in [0.5, 0.6) is 0 Å². The highest BCUT2D eigenvalue weighted by atomic mass is 16.6. The quantitative estimate of drug-likeness (QED) is 0.648. The van der Waals surface area contributed by atoms with E-state index in [1.165, 1.54) is 0 Å². The van der Waals surface area contributed by atoms with Crippen LogP contribution in [0.25, 0.3) is 0 Å². The Bertz CT molecular complexity index is 403. The van der Waals surface area contributed by atoms with Crippen molar-refractivity contribution in [2.45, 2.75) is 44.9 Å². The Morgan fingerprint density at radius 2 is 1.95 bits per heavy atom. The average molecular weight is 288 g/mol. The van der Waals surface area contributed by atoms with Crippen LogP contribution in [-0.4, -0.2) is 63.9 Å². The van der Waals surface area contributed by atoms with Gasteiger partial charge < -0.3 is 20.3 Å². The van der Waals surface area contributed by atoms with Gasteiger partial charge in [0.25, 0.3) is 0 Å². The molecule has 0 aromatic rings. The summed E-state index contributed by atoms with van der Waals surface area (Å²) in [5.41, 5.74) is -0.716. The fourth-order valence-corrected chi connectivity index (χ4v) is 1.87. The van der Waals surface area contributed by atoms with Crippen LogP contribution in [0, 0.1) is 0 Å². The van der Waals surface area contributed by atoms with Gasteiger partial charge in [-0.25, -0.2) is 4.79 Å². The number of likely N-dealkylation sites (tertiary alicyclic amines) is 1. The number of aliphatic hydroxyl groups excluding tert-OH is 1. The predicted molar refractivity (Wildman–Crippen MR) is 68.0 cm³/mol. The van der Waals surface area contributed by atoms with Crippen LogP contribution in [0.1, 0.15) is 27.2 Å². The number of nitrogens with zero attached hydrogens (tertiary/aromatic N) is 1. The maximum atomic E-state index is 12.0. The molecule has 2 atom stereocenters. The van der Waals surface area contributed by atoms with Gasteiger partial charge in [-0.15, -0.1) is 0 Å². The lowest BCUT2D eigenvalue weighted by Gasteiger charge is -2.27. The molecule has 0 spiro atoms. The Morgan fingerprint density at radius 3 is 2.45 bits per heavy atom. The lowest BCUT2D eigenvalue weighted by molar-refractivity contribution is -0.138. The highest BCUT2D eigenvalue weighted by Crippen LogP contribution is 2.21.